The Hall–Kier alpha value is -3.52. The number of imide groups is 1. The Kier molecular flexibility index (Phi) is 5.91. The standard InChI is InChI=1S/C26H26N4O3S/c1-2-3-6-17-9-11-19(12-10-17)21-16-34-24(27-21)28-22(31)15-30-23(32)26(29-25(30)33)14-13-18-7-4-5-8-20(18)26/h4-5,7-12,16H,2-3,6,13-15H2,1H3,(H,29,33)(H,27,28,31). The smallest absolute Gasteiger partial charge is 0.319 e. The van der Waals surface area contributed by atoms with Crippen molar-refractivity contribution in [1.82, 2.24) is 15.2 Å². The van der Waals surface area contributed by atoms with Crippen LogP contribution in [0.25, 0.3) is 11.3 Å². The van der Waals surface area contributed by atoms with E-state index in [4.69, 9.17) is 0 Å². The second-order valence-electron chi connectivity index (χ2n) is 8.77. The Bertz CT molecular complexity index is 1250. The number of carbonyl (C=O) groups excluding carboxylic acids is 3. The van der Waals surface area contributed by atoms with Gasteiger partial charge in [-0.3, -0.25) is 14.5 Å². The SMILES string of the molecule is CCCCc1ccc(-c2csc(NC(=O)CN3C(=O)NC4(CCc5ccccc54)C3=O)n2)cc1. The number of unbranched alkanes of at least 4 members (excludes halogenated alkanes) is 1. The number of aromatic nitrogens is 1. The summed E-state index contributed by atoms with van der Waals surface area (Å²) in [5.41, 5.74) is 3.86. The molecule has 2 heterocycles. The monoisotopic (exact) mass is 474 g/mol. The van der Waals surface area contributed by atoms with Crippen LogP contribution in [-0.4, -0.2) is 34.3 Å². The first kappa shape index (κ1) is 22.3. The van der Waals surface area contributed by atoms with Gasteiger partial charge in [-0.1, -0.05) is 61.9 Å². The molecule has 1 aliphatic carbocycles. The summed E-state index contributed by atoms with van der Waals surface area (Å²) in [7, 11) is 0. The van der Waals surface area contributed by atoms with Crippen LogP contribution in [0.5, 0.6) is 0 Å². The van der Waals surface area contributed by atoms with E-state index in [2.05, 4.69) is 34.7 Å². The number of rotatable bonds is 7. The second-order valence-corrected chi connectivity index (χ2v) is 9.63. The largest absolute Gasteiger partial charge is 0.325 e. The number of fused-ring (bicyclic) bond motifs is 2. The van der Waals surface area contributed by atoms with E-state index in [0.29, 0.717) is 18.0 Å². The molecule has 0 saturated carbocycles. The highest BCUT2D eigenvalue weighted by molar-refractivity contribution is 7.14. The van der Waals surface area contributed by atoms with Crippen molar-refractivity contribution >= 4 is 34.3 Å². The van der Waals surface area contributed by atoms with Gasteiger partial charge in [0, 0.05) is 10.9 Å². The van der Waals surface area contributed by atoms with Crippen LogP contribution in [0.3, 0.4) is 0 Å². The van der Waals surface area contributed by atoms with Gasteiger partial charge >= 0.3 is 6.03 Å². The zero-order chi connectivity index (χ0) is 23.7. The maximum absolute atomic E-state index is 13.2. The Balaban J connectivity index is 1.24. The molecule has 1 saturated heterocycles. The van der Waals surface area contributed by atoms with Gasteiger partial charge in [0.05, 0.1) is 5.69 Å². The normalized spacial score (nSPS) is 18.9. The molecule has 2 N–H and O–H groups in total. The van der Waals surface area contributed by atoms with Crippen molar-refractivity contribution in [3.05, 3.63) is 70.6 Å². The minimum atomic E-state index is -1.06. The predicted molar refractivity (Wildman–Crippen MR) is 131 cm³/mol. The molecule has 1 fully saturated rings. The highest BCUT2D eigenvalue weighted by Crippen LogP contribution is 2.41. The first-order valence-corrected chi connectivity index (χ1v) is 12.5. The lowest BCUT2D eigenvalue weighted by Gasteiger charge is -2.22. The number of nitrogens with one attached hydrogen (secondary N) is 2. The van der Waals surface area contributed by atoms with Crippen LogP contribution in [0.4, 0.5) is 9.93 Å². The molecule has 0 bridgehead atoms. The summed E-state index contributed by atoms with van der Waals surface area (Å²) in [6, 6.07) is 15.4. The summed E-state index contributed by atoms with van der Waals surface area (Å²) in [6.45, 7) is 1.83. The summed E-state index contributed by atoms with van der Waals surface area (Å²) in [6.07, 6.45) is 4.60. The molecule has 34 heavy (non-hydrogen) atoms. The molecule has 2 aromatic carbocycles. The number of hydrogen-bond acceptors (Lipinski definition) is 5. The van der Waals surface area contributed by atoms with E-state index in [1.54, 1.807) is 0 Å². The molecule has 1 aromatic heterocycles. The highest BCUT2D eigenvalue weighted by Gasteiger charge is 2.55. The molecular formula is C26H26N4O3S. The van der Waals surface area contributed by atoms with Crippen molar-refractivity contribution < 1.29 is 14.4 Å². The third kappa shape index (κ3) is 3.98. The third-order valence-electron chi connectivity index (χ3n) is 6.54. The first-order valence-electron chi connectivity index (χ1n) is 11.6. The lowest BCUT2D eigenvalue weighted by Crippen LogP contribution is -2.42. The molecule has 5 rings (SSSR count). The van der Waals surface area contributed by atoms with Gasteiger partial charge in [-0.2, -0.15) is 0 Å². The Morgan fingerprint density at radius 1 is 1.18 bits per heavy atom. The van der Waals surface area contributed by atoms with E-state index in [-0.39, 0.29) is 12.5 Å². The maximum atomic E-state index is 13.2. The number of carbonyl (C=O) groups is 3. The lowest BCUT2D eigenvalue weighted by molar-refractivity contribution is -0.134. The number of aryl methyl sites for hydroxylation is 2. The predicted octanol–water partition coefficient (Wildman–Crippen LogP) is 4.48. The molecule has 1 unspecified atom stereocenters. The molecule has 1 atom stereocenters. The van der Waals surface area contributed by atoms with Crippen LogP contribution < -0.4 is 10.6 Å². The van der Waals surface area contributed by atoms with Crippen molar-refractivity contribution in [1.29, 1.82) is 0 Å². The minimum Gasteiger partial charge on any atom is -0.319 e. The molecule has 3 aromatic rings. The number of amides is 4. The summed E-state index contributed by atoms with van der Waals surface area (Å²) in [4.78, 5) is 44.0. The Labute approximate surface area is 202 Å². The fraction of sp³-hybridized carbons (Fsp3) is 0.308. The van der Waals surface area contributed by atoms with E-state index in [1.807, 2.05) is 41.8 Å². The Morgan fingerprint density at radius 2 is 1.97 bits per heavy atom. The van der Waals surface area contributed by atoms with Crippen LogP contribution in [-0.2, 0) is 28.0 Å². The van der Waals surface area contributed by atoms with Gasteiger partial charge in [0.1, 0.15) is 12.1 Å². The third-order valence-corrected chi connectivity index (χ3v) is 7.30. The summed E-state index contributed by atoms with van der Waals surface area (Å²) < 4.78 is 0. The fourth-order valence-electron chi connectivity index (χ4n) is 4.72. The molecular weight excluding hydrogens is 448 g/mol. The summed E-state index contributed by atoms with van der Waals surface area (Å²) >= 11 is 1.31. The van der Waals surface area contributed by atoms with Crippen molar-refractivity contribution in [3.63, 3.8) is 0 Å². The molecule has 4 amide bonds. The zero-order valence-electron chi connectivity index (χ0n) is 19.0. The van der Waals surface area contributed by atoms with E-state index in [9.17, 15) is 14.4 Å². The second kappa shape index (κ2) is 9.02. The van der Waals surface area contributed by atoms with Crippen LogP contribution in [0.15, 0.2) is 53.9 Å². The van der Waals surface area contributed by atoms with Crippen molar-refractivity contribution in [2.45, 2.75) is 44.6 Å². The van der Waals surface area contributed by atoms with Crippen molar-refractivity contribution in [2.75, 3.05) is 11.9 Å². The van der Waals surface area contributed by atoms with Crippen LogP contribution in [0, 0.1) is 0 Å². The molecule has 7 nitrogen and oxygen atoms in total. The van der Waals surface area contributed by atoms with E-state index < -0.39 is 17.5 Å². The number of urea groups is 1. The van der Waals surface area contributed by atoms with Gasteiger partial charge in [0.15, 0.2) is 5.13 Å². The molecule has 8 heteroatoms. The van der Waals surface area contributed by atoms with Gasteiger partial charge in [-0.05, 0) is 42.4 Å². The zero-order valence-corrected chi connectivity index (χ0v) is 19.8. The van der Waals surface area contributed by atoms with E-state index >= 15 is 0 Å². The molecule has 174 valence electrons. The number of nitrogens with zero attached hydrogens (tertiary/aromatic N) is 2. The quantitative estimate of drug-likeness (QED) is 0.494. The maximum Gasteiger partial charge on any atom is 0.325 e. The topological polar surface area (TPSA) is 91.4 Å². The number of anilines is 1. The number of benzene rings is 2. The van der Waals surface area contributed by atoms with Gasteiger partial charge < -0.3 is 10.6 Å². The van der Waals surface area contributed by atoms with Crippen LogP contribution >= 0.6 is 11.3 Å². The first-order chi connectivity index (χ1) is 16.5. The van der Waals surface area contributed by atoms with Crippen molar-refractivity contribution in [2.24, 2.45) is 0 Å². The van der Waals surface area contributed by atoms with Crippen LogP contribution in [0.2, 0.25) is 0 Å². The number of thiazole rings is 1. The molecule has 0 radical (unpaired) electrons. The molecule has 2 aliphatic rings. The van der Waals surface area contributed by atoms with Gasteiger partial charge in [-0.15, -0.1) is 11.3 Å². The molecule has 1 aliphatic heterocycles. The number of hydrogen-bond donors (Lipinski definition) is 2. The van der Waals surface area contributed by atoms with E-state index in [1.165, 1.54) is 16.9 Å². The van der Waals surface area contributed by atoms with Crippen molar-refractivity contribution in [3.8, 4) is 11.3 Å². The highest BCUT2D eigenvalue weighted by atomic mass is 32.1. The summed E-state index contributed by atoms with van der Waals surface area (Å²) in [5, 5.41) is 7.89. The lowest BCUT2D eigenvalue weighted by atomic mass is 9.92. The fourth-order valence-corrected chi connectivity index (χ4v) is 5.46. The summed E-state index contributed by atoms with van der Waals surface area (Å²) in [5.74, 6) is -0.830. The van der Waals surface area contributed by atoms with Gasteiger partial charge in [0.25, 0.3) is 5.91 Å². The van der Waals surface area contributed by atoms with Gasteiger partial charge in [-0.25, -0.2) is 9.78 Å². The van der Waals surface area contributed by atoms with Crippen LogP contribution in [0.1, 0.15) is 42.9 Å². The van der Waals surface area contributed by atoms with E-state index in [0.717, 1.165) is 46.5 Å². The average molecular weight is 475 g/mol. The average Bonchev–Trinajstić information content (AvgIpc) is 3.52. The molecule has 1 spiro atoms. The van der Waals surface area contributed by atoms with Gasteiger partial charge in [0.2, 0.25) is 5.91 Å². The minimum absolute atomic E-state index is 0.352. The Morgan fingerprint density at radius 3 is 2.76 bits per heavy atom.